The fourth-order valence-electron chi connectivity index (χ4n) is 2.08. The zero-order valence-corrected chi connectivity index (χ0v) is 12.5. The molecule has 0 fully saturated rings. The quantitative estimate of drug-likeness (QED) is 0.817. The van der Waals surface area contributed by atoms with Gasteiger partial charge in [0.15, 0.2) is 0 Å². The van der Waals surface area contributed by atoms with Crippen molar-refractivity contribution in [1.29, 1.82) is 0 Å². The van der Waals surface area contributed by atoms with E-state index in [0.717, 1.165) is 23.4 Å². The third-order valence-corrected chi connectivity index (χ3v) is 3.44. The molecule has 2 rings (SSSR count). The van der Waals surface area contributed by atoms with E-state index in [9.17, 15) is 18.0 Å². The number of hydrogen-bond donors (Lipinski definition) is 1. The van der Waals surface area contributed by atoms with E-state index in [0.29, 0.717) is 5.69 Å². The lowest BCUT2D eigenvalue weighted by molar-refractivity contribution is -0.137. The molecule has 1 amide bonds. The number of aromatic nitrogens is 1. The summed E-state index contributed by atoms with van der Waals surface area (Å²) in [5.74, 6) is -0.942. The Kier molecular flexibility index (Phi) is 4.42. The molecule has 22 heavy (non-hydrogen) atoms. The Hall–Kier alpha value is -2.08. The smallest absolute Gasteiger partial charge is 0.321 e. The monoisotopic (exact) mass is 328 g/mol. The minimum absolute atomic E-state index is 0.459. The van der Waals surface area contributed by atoms with Gasteiger partial charge in [0.05, 0.1) is 11.1 Å². The molecule has 0 aliphatic carbocycles. The van der Waals surface area contributed by atoms with Crippen molar-refractivity contribution in [3.05, 3.63) is 57.9 Å². The number of anilines is 1. The van der Waals surface area contributed by atoms with Gasteiger partial charge in [-0.1, -0.05) is 29.8 Å². The maximum absolute atomic E-state index is 13.0. The number of pyridine rings is 1. The predicted octanol–water partition coefficient (Wildman–Crippen LogP) is 4.62. The fraction of sp³-hybridized carbons (Fsp3) is 0.200. The van der Waals surface area contributed by atoms with Crippen molar-refractivity contribution in [3.63, 3.8) is 0 Å². The molecule has 3 nitrogen and oxygen atoms in total. The van der Waals surface area contributed by atoms with Crippen LogP contribution in [0.4, 0.5) is 18.9 Å². The lowest BCUT2D eigenvalue weighted by Crippen LogP contribution is -2.20. The molecule has 7 heteroatoms. The predicted molar refractivity (Wildman–Crippen MR) is 78.1 cm³/mol. The number of nitrogens with zero attached hydrogens (tertiary/aromatic N) is 1. The van der Waals surface area contributed by atoms with Crippen LogP contribution in [-0.4, -0.2) is 10.9 Å². The summed E-state index contributed by atoms with van der Waals surface area (Å²) in [7, 11) is 0. The van der Waals surface area contributed by atoms with Gasteiger partial charge in [-0.25, -0.2) is 4.98 Å². The Morgan fingerprint density at radius 3 is 2.32 bits per heavy atom. The summed E-state index contributed by atoms with van der Waals surface area (Å²) in [6, 6.07) is 6.01. The van der Waals surface area contributed by atoms with Crippen molar-refractivity contribution in [3.8, 4) is 0 Å². The van der Waals surface area contributed by atoms with E-state index in [4.69, 9.17) is 11.6 Å². The molecular weight excluding hydrogens is 317 g/mol. The number of para-hydroxylation sites is 1. The van der Waals surface area contributed by atoms with Gasteiger partial charge in [0.1, 0.15) is 5.15 Å². The molecule has 1 heterocycles. The number of nitrogens with one attached hydrogen (secondary N) is 1. The van der Waals surface area contributed by atoms with Crippen molar-refractivity contribution in [2.45, 2.75) is 20.0 Å². The van der Waals surface area contributed by atoms with Gasteiger partial charge in [-0.2, -0.15) is 13.2 Å². The summed E-state index contributed by atoms with van der Waals surface area (Å²) in [4.78, 5) is 15.8. The van der Waals surface area contributed by atoms with Crippen molar-refractivity contribution >= 4 is 23.2 Å². The number of alkyl halides is 3. The average Bonchev–Trinajstić information content (AvgIpc) is 2.41. The minimum Gasteiger partial charge on any atom is -0.321 e. The second-order valence-electron chi connectivity index (χ2n) is 4.74. The molecule has 0 spiro atoms. The van der Waals surface area contributed by atoms with Gasteiger partial charge >= 0.3 is 6.18 Å². The van der Waals surface area contributed by atoms with Crippen LogP contribution in [0.25, 0.3) is 0 Å². The summed E-state index contributed by atoms with van der Waals surface area (Å²) in [5, 5.41) is 2.00. The number of carbonyl (C=O) groups is 1. The first-order valence-corrected chi connectivity index (χ1v) is 6.69. The topological polar surface area (TPSA) is 42.0 Å². The van der Waals surface area contributed by atoms with E-state index in [-0.39, 0.29) is 0 Å². The van der Waals surface area contributed by atoms with Crippen molar-refractivity contribution in [2.24, 2.45) is 0 Å². The number of rotatable bonds is 2. The molecule has 0 atom stereocenters. The van der Waals surface area contributed by atoms with Crippen molar-refractivity contribution in [2.75, 3.05) is 5.32 Å². The zero-order chi connectivity index (χ0) is 16.5. The van der Waals surface area contributed by atoms with Gasteiger partial charge < -0.3 is 5.32 Å². The summed E-state index contributed by atoms with van der Waals surface area (Å²) >= 11 is 5.70. The molecule has 1 aromatic carbocycles. The molecule has 0 saturated heterocycles. The van der Waals surface area contributed by atoms with Crippen LogP contribution in [0.3, 0.4) is 0 Å². The summed E-state index contributed by atoms with van der Waals surface area (Å²) in [6.07, 6.45) is -3.78. The Balaban J connectivity index is 2.47. The first-order chi connectivity index (χ1) is 10.2. The van der Waals surface area contributed by atoms with E-state index in [1.807, 2.05) is 0 Å². The first kappa shape index (κ1) is 16.3. The molecule has 2 aromatic rings. The maximum Gasteiger partial charge on any atom is 0.417 e. The molecule has 0 unspecified atom stereocenters. The van der Waals surface area contributed by atoms with Crippen LogP contribution >= 0.6 is 11.6 Å². The summed E-state index contributed by atoms with van der Waals surface area (Å²) < 4.78 is 39.1. The molecule has 0 saturated carbocycles. The molecule has 1 aromatic heterocycles. The van der Waals surface area contributed by atoms with E-state index < -0.39 is 28.4 Å². The molecular formula is C15H12ClF3N2O. The number of aryl methyl sites for hydroxylation is 2. The number of carbonyl (C=O) groups excluding carboxylic acids is 1. The molecule has 0 radical (unpaired) electrons. The number of halogens is 4. The minimum atomic E-state index is -4.69. The lowest BCUT2D eigenvalue weighted by Gasteiger charge is -2.15. The van der Waals surface area contributed by atoms with Gasteiger partial charge in [-0.15, -0.1) is 0 Å². The van der Waals surface area contributed by atoms with Gasteiger partial charge in [-0.3, -0.25) is 4.79 Å². The highest BCUT2D eigenvalue weighted by Gasteiger charge is 2.37. The van der Waals surface area contributed by atoms with Crippen LogP contribution < -0.4 is 5.32 Å². The normalized spacial score (nSPS) is 11.4. The second-order valence-corrected chi connectivity index (χ2v) is 5.10. The SMILES string of the molecule is Cc1cccc(C)c1NC(=O)c1c(C(F)(F)F)ccnc1Cl. The molecule has 0 aliphatic rings. The van der Waals surface area contributed by atoms with Gasteiger partial charge in [0, 0.05) is 11.9 Å². The summed E-state index contributed by atoms with van der Waals surface area (Å²) in [6.45, 7) is 3.50. The highest BCUT2D eigenvalue weighted by Crippen LogP contribution is 2.34. The van der Waals surface area contributed by atoms with Crippen LogP contribution in [0.1, 0.15) is 27.0 Å². The van der Waals surface area contributed by atoms with Crippen LogP contribution in [0.15, 0.2) is 30.5 Å². The zero-order valence-electron chi connectivity index (χ0n) is 11.8. The maximum atomic E-state index is 13.0. The average molecular weight is 329 g/mol. The van der Waals surface area contributed by atoms with Gasteiger partial charge in [0.25, 0.3) is 5.91 Å². The van der Waals surface area contributed by atoms with Gasteiger partial charge in [-0.05, 0) is 31.0 Å². The first-order valence-electron chi connectivity index (χ1n) is 6.31. The van der Waals surface area contributed by atoms with E-state index in [1.54, 1.807) is 32.0 Å². The molecule has 1 N–H and O–H groups in total. The largest absolute Gasteiger partial charge is 0.417 e. The second kappa shape index (κ2) is 5.96. The van der Waals surface area contributed by atoms with Crippen LogP contribution in [-0.2, 0) is 6.18 Å². The van der Waals surface area contributed by atoms with Crippen molar-refractivity contribution < 1.29 is 18.0 Å². The third-order valence-electron chi connectivity index (χ3n) is 3.16. The number of amides is 1. The van der Waals surface area contributed by atoms with E-state index >= 15 is 0 Å². The highest BCUT2D eigenvalue weighted by molar-refractivity contribution is 6.33. The van der Waals surface area contributed by atoms with Gasteiger partial charge in [0.2, 0.25) is 0 Å². The van der Waals surface area contributed by atoms with E-state index in [1.165, 1.54) is 0 Å². The van der Waals surface area contributed by atoms with E-state index in [2.05, 4.69) is 10.3 Å². The molecule has 0 bridgehead atoms. The molecule has 116 valence electrons. The van der Waals surface area contributed by atoms with Crippen LogP contribution in [0, 0.1) is 13.8 Å². The number of benzene rings is 1. The standard InChI is InChI=1S/C15H12ClF3N2O/c1-8-4-3-5-9(2)12(8)21-14(22)11-10(15(17,18)19)6-7-20-13(11)16/h3-7H,1-2H3,(H,21,22). The summed E-state index contributed by atoms with van der Waals surface area (Å²) in [5.41, 5.74) is 0.139. The Morgan fingerprint density at radius 2 is 1.77 bits per heavy atom. The Bertz CT molecular complexity index is 709. The fourth-order valence-corrected chi connectivity index (χ4v) is 2.32. The third kappa shape index (κ3) is 3.22. The number of hydrogen-bond acceptors (Lipinski definition) is 2. The van der Waals surface area contributed by atoms with Crippen molar-refractivity contribution in [1.82, 2.24) is 4.98 Å². The lowest BCUT2D eigenvalue weighted by atomic mass is 10.1. The van der Waals surface area contributed by atoms with Crippen LogP contribution in [0.2, 0.25) is 5.15 Å². The Morgan fingerprint density at radius 1 is 1.18 bits per heavy atom. The van der Waals surface area contributed by atoms with Crippen LogP contribution in [0.5, 0.6) is 0 Å². The highest BCUT2D eigenvalue weighted by atomic mass is 35.5. The Labute approximate surface area is 130 Å². The molecule has 0 aliphatic heterocycles.